The van der Waals surface area contributed by atoms with E-state index in [0.29, 0.717) is 114 Å². The smallest absolute Gasteiger partial charge is 0.656 e. The zero-order chi connectivity index (χ0) is 83.5. The molecule has 131 heavy (non-hydrogen) atoms. The first kappa shape index (κ1) is 137. The fourth-order valence-electron chi connectivity index (χ4n) is 24.6. The number of benzene rings is 8. The topological polar surface area (TPSA) is 56.4 Å². The quantitative estimate of drug-likeness (QED) is 0.0853. The first-order chi connectivity index (χ1) is 53.8. The molecule has 0 spiro atoms. The Morgan fingerprint density at radius 1 is 0.298 bits per heavy atom. The van der Waals surface area contributed by atoms with Gasteiger partial charge in [-0.3, -0.25) is 0 Å². The molecule has 0 saturated heterocycles. The molecule has 0 bridgehead atoms. The van der Waals surface area contributed by atoms with E-state index in [2.05, 4.69) is 415 Å². The van der Waals surface area contributed by atoms with Gasteiger partial charge in [0.1, 0.15) is 0 Å². The third-order valence-electron chi connectivity index (χ3n) is 28.7. The van der Waals surface area contributed by atoms with Gasteiger partial charge in [0.2, 0.25) is 0 Å². The Labute approximate surface area is 901 Å². The predicted molar refractivity (Wildman–Crippen MR) is 597 cm³/mol. The van der Waals surface area contributed by atoms with Crippen molar-refractivity contribution >= 4 is 124 Å². The number of rotatable bonds is 13. The number of halogens is 2. The van der Waals surface area contributed by atoms with Gasteiger partial charge < -0.3 is 109 Å². The van der Waals surface area contributed by atoms with Gasteiger partial charge in [-0.2, -0.15) is 0 Å². The van der Waals surface area contributed by atoms with Crippen molar-refractivity contribution in [1.29, 1.82) is 0 Å². The molecule has 18 heteroatoms. The van der Waals surface area contributed by atoms with E-state index in [0.717, 1.165) is 16.5 Å². The molecule has 0 aromatic heterocycles. The summed E-state index contributed by atoms with van der Waals surface area (Å²) in [6, 6.07) is 67.6. The van der Waals surface area contributed by atoms with Crippen LogP contribution >= 0.6 is 70.2 Å². The molecule has 4 aliphatic heterocycles. The standard InChI is InChI=1S/C27H38NSSi.C26H36NSSi.2C24H31ClNSSi.12CH3.4Ti/c1-16-14-17(2)25(18(3)15-16)30(9,28-27(6,7)8)26-20(5)19(4)23-21-12-10-11-13-22(21)29-24(23)26;1-8-19-13-9-12-16-22(19)29(7,27-26(4,5)6)25-18(3)17(2)23-20-14-10-11-15-21(20)28-24(23)25;1-15-16(2)23(22-21(15)19-12-7-8-13-20(19)27-22)28(6,26-24(3,4)5)18-11-9-10-17(25)14-18;1-15-16(2)23(22-21(15)19-9-7-8-10-20(19)27-22)28(6,26-24(3,4)5)18-13-11-17(25)12-14-18;;;;;;;;;;;;;;;;/h10-15,19-20,23-24,26H,1-9H3;9-18,23-25H,8H2,1-7H3;2*7-16,21-23H,1-6H3;12*1H3;;;;/q16*-1;4*+4. The van der Waals surface area contributed by atoms with E-state index >= 15 is 0 Å². The molecule has 4 nitrogen and oxygen atoms in total. The van der Waals surface area contributed by atoms with E-state index in [1.54, 1.807) is 32.6 Å². The zero-order valence-electron chi connectivity index (χ0n) is 88.8. The maximum absolute atomic E-state index is 6.45. The monoisotopic (exact) mass is 2090 g/mol. The molecule has 24 unspecified atom stereocenters. The van der Waals surface area contributed by atoms with E-state index in [4.69, 9.17) is 43.1 Å². The van der Waals surface area contributed by atoms with E-state index in [9.17, 15) is 0 Å². The molecule has 4 fully saturated rings. The van der Waals surface area contributed by atoms with Gasteiger partial charge in [-0.1, -0.05) is 371 Å². The second kappa shape index (κ2) is 53.1. The Bertz CT molecular complexity index is 4780. The van der Waals surface area contributed by atoms with Gasteiger partial charge in [0.15, 0.2) is 0 Å². The number of aryl methyl sites for hydroxylation is 4. The third kappa shape index (κ3) is 27.4. The summed E-state index contributed by atoms with van der Waals surface area (Å²) < 4.78 is 0. The van der Waals surface area contributed by atoms with Crippen LogP contribution in [0.5, 0.6) is 0 Å². The van der Waals surface area contributed by atoms with Gasteiger partial charge in [-0.25, -0.2) is 0 Å². The van der Waals surface area contributed by atoms with Crippen LogP contribution in [0.1, 0.15) is 214 Å². The Kier molecular flexibility index (Phi) is 55.3. The summed E-state index contributed by atoms with van der Waals surface area (Å²) in [5, 5.41) is 10.2. The van der Waals surface area contributed by atoms with Crippen LogP contribution in [0.25, 0.3) is 19.9 Å². The summed E-state index contributed by atoms with van der Waals surface area (Å²) in [7, 11) is -8.59. The first-order valence-electron chi connectivity index (χ1n) is 43.5. The molecular weight excluding hydrogens is 1920 g/mol. The van der Waals surface area contributed by atoms with Gasteiger partial charge in [0.25, 0.3) is 0 Å². The van der Waals surface area contributed by atoms with Gasteiger partial charge >= 0.3 is 86.9 Å². The average Bonchev–Trinajstić information content (AvgIpc) is 1.58. The molecule has 8 aromatic carbocycles. The summed E-state index contributed by atoms with van der Waals surface area (Å²) in [5.74, 6) is 8.08. The second-order valence-corrected chi connectivity index (χ2v) is 61.8. The summed E-state index contributed by atoms with van der Waals surface area (Å²) in [6.45, 7) is 66.6. The fraction of sp³-hybridized carbons (Fsp3) is 0.469. The molecule has 16 rings (SSSR count). The molecule has 4 saturated carbocycles. The van der Waals surface area contributed by atoms with Crippen LogP contribution in [-0.4, -0.2) is 76.1 Å². The normalized spacial score (nSPS) is 27.1. The van der Waals surface area contributed by atoms with Crippen molar-refractivity contribution in [3.8, 4) is 0 Å². The predicted octanol–water partition coefficient (Wildman–Crippen LogP) is 34.4. The van der Waals surface area contributed by atoms with Crippen LogP contribution < -0.4 is 20.7 Å². The summed E-state index contributed by atoms with van der Waals surface area (Å²) in [6.07, 6.45) is 1.09. The van der Waals surface area contributed by atoms with Crippen molar-refractivity contribution in [2.75, 3.05) is 0 Å². The van der Waals surface area contributed by atoms with Crippen LogP contribution in [0.4, 0.5) is 0 Å². The molecule has 4 heterocycles. The molecule has 0 radical (unpaired) electrons. The molecular formula is C113H172Cl2N4S4Si4Ti4. The maximum Gasteiger partial charge on any atom is 4.00 e. The Hall–Kier alpha value is -0.695. The molecule has 0 amide bonds. The van der Waals surface area contributed by atoms with Gasteiger partial charge in [-0.05, 0) is 224 Å². The molecule has 8 aromatic rings. The average molecular weight is 2090 g/mol. The zero-order valence-corrected chi connectivity index (χ0v) is 104. The van der Waals surface area contributed by atoms with Crippen LogP contribution in [0.3, 0.4) is 0 Å². The SMILES string of the molecule is CC1C(C)C([Si](C)([N-]C(C)(C)C)c2ccc(Cl)cc2)C2Sc3ccccc3C12.CC1C(C)C([Si](C)([N-]C(C)(C)C)c2cccc(Cl)c2)C2Sc3ccccc3C12.CCc1ccccc1[Si](C)([N-]C(C)(C)C)C1C(C)C(C)C2c3ccccc3SC21.Cc1cc(C)c([Si](C)([N-]C(C)(C)C)C2C(C)C(C)C3c4ccccc4SC32)c(C)c1.[CH3-].[CH3-].[CH3-].[CH3-].[CH3-].[CH3-].[CH3-].[CH3-].[CH3-].[CH3-].[CH3-].[CH3-].[Ti+4].[Ti+4].[Ti+4].[Ti+4]. The van der Waals surface area contributed by atoms with E-state index in [1.807, 2.05) is 6.07 Å². The Balaban J connectivity index is -0.000000789. The Morgan fingerprint density at radius 2 is 0.565 bits per heavy atom. The minimum Gasteiger partial charge on any atom is -0.656 e. The maximum atomic E-state index is 6.45. The van der Waals surface area contributed by atoms with Crippen LogP contribution in [-0.2, 0) is 93.3 Å². The summed E-state index contributed by atoms with van der Waals surface area (Å²) >= 11 is 21.2. The van der Waals surface area contributed by atoms with Gasteiger partial charge in [0.05, 0.1) is 0 Å². The van der Waals surface area contributed by atoms with Gasteiger partial charge in [0, 0.05) is 50.6 Å². The van der Waals surface area contributed by atoms with Crippen molar-refractivity contribution < 1.29 is 86.9 Å². The molecule has 714 valence electrons. The first-order valence-corrected chi connectivity index (χ1v) is 57.9. The second-order valence-electron chi connectivity index (χ2n) is 41.1. The van der Waals surface area contributed by atoms with Crippen molar-refractivity contribution in [2.24, 2.45) is 47.3 Å². The van der Waals surface area contributed by atoms with E-state index < -0.39 is 32.9 Å². The third-order valence-corrected chi connectivity index (χ3v) is 55.7. The number of hydrogen-bond acceptors (Lipinski definition) is 4. The molecule has 8 aliphatic rings. The largest absolute Gasteiger partial charge is 4.00 e. The molecule has 0 N–H and O–H groups in total. The van der Waals surface area contributed by atoms with Crippen LogP contribution in [0.2, 0.25) is 58.4 Å². The number of nitrogens with zero attached hydrogens (tertiary/aromatic N) is 4. The Morgan fingerprint density at radius 3 is 0.870 bits per heavy atom. The van der Waals surface area contributed by atoms with Crippen molar-refractivity contribution in [1.82, 2.24) is 0 Å². The van der Waals surface area contributed by atoms with Crippen LogP contribution in [0, 0.1) is 157 Å². The van der Waals surface area contributed by atoms with Crippen molar-refractivity contribution in [3.05, 3.63) is 346 Å². The van der Waals surface area contributed by atoms with Crippen molar-refractivity contribution in [3.63, 3.8) is 0 Å². The minimum absolute atomic E-state index is 0. The number of fused-ring (bicyclic) bond motifs is 12. The van der Waals surface area contributed by atoms with E-state index in [-0.39, 0.29) is 198 Å². The number of thioether (sulfide) groups is 4. The van der Waals surface area contributed by atoms with Crippen molar-refractivity contribution in [2.45, 2.75) is 307 Å². The molecule has 4 aliphatic carbocycles. The van der Waals surface area contributed by atoms with Crippen LogP contribution in [0.15, 0.2) is 202 Å². The summed E-state index contributed by atoms with van der Waals surface area (Å²) in [4.78, 5) is 28.7. The minimum atomic E-state index is -2.17. The van der Waals surface area contributed by atoms with E-state index in [1.165, 1.54) is 52.2 Å². The fourth-order valence-corrected chi connectivity index (χ4v) is 57.6. The molecule has 24 atom stereocenters. The van der Waals surface area contributed by atoms with Gasteiger partial charge in [-0.15, -0.1) is 69.2 Å². The summed E-state index contributed by atoms with van der Waals surface area (Å²) in [5.41, 5.74) is 14.5. The number of hydrogen-bond donors (Lipinski definition) is 0.